The maximum Gasteiger partial charge on any atom is 0.321 e. The third-order valence-electron chi connectivity index (χ3n) is 7.50. The first-order chi connectivity index (χ1) is 22.0. The summed E-state index contributed by atoms with van der Waals surface area (Å²) in [6.07, 6.45) is 2.65. The molecule has 3 heterocycles. The Hall–Kier alpha value is -5.09. The number of nitrogens with zero attached hydrogens (tertiary/aromatic N) is 3. The number of nitriles is 1. The van der Waals surface area contributed by atoms with Gasteiger partial charge in [-0.2, -0.15) is 5.26 Å². The molecule has 3 aromatic carbocycles. The number of esters is 1. The maximum absolute atomic E-state index is 14.5. The monoisotopic (exact) mass is 667 g/mol. The summed E-state index contributed by atoms with van der Waals surface area (Å²) >= 11 is 1.26. The summed E-state index contributed by atoms with van der Waals surface area (Å²) in [5.74, 6) is -1.73. The van der Waals surface area contributed by atoms with Crippen LogP contribution in [0.5, 0.6) is 0 Å². The summed E-state index contributed by atoms with van der Waals surface area (Å²) in [6.45, 7) is 1.88. The van der Waals surface area contributed by atoms with Crippen molar-refractivity contribution in [2.45, 2.75) is 16.7 Å². The van der Waals surface area contributed by atoms with Crippen LogP contribution in [0.4, 0.5) is 0 Å². The lowest BCUT2D eigenvalue weighted by atomic mass is 9.97. The van der Waals surface area contributed by atoms with Crippen LogP contribution in [0.2, 0.25) is 0 Å². The second-order valence-electron chi connectivity index (χ2n) is 10.4. The second kappa shape index (κ2) is 12.0. The van der Waals surface area contributed by atoms with Gasteiger partial charge in [0.1, 0.15) is 10.9 Å². The number of hydrogen-bond acceptors (Lipinski definition) is 9. The van der Waals surface area contributed by atoms with E-state index in [2.05, 4.69) is 15.8 Å². The average Bonchev–Trinajstić information content (AvgIpc) is 3.67. The highest BCUT2D eigenvalue weighted by Crippen LogP contribution is 2.45. The molecule has 0 aliphatic rings. The summed E-state index contributed by atoms with van der Waals surface area (Å²) in [5.41, 5.74) is 4.37. The fourth-order valence-electron chi connectivity index (χ4n) is 5.29. The molecular weight excluding hydrogens is 643 g/mol. The van der Waals surface area contributed by atoms with Crippen LogP contribution in [-0.2, 0) is 29.4 Å². The number of aromatic nitrogens is 2. The normalized spacial score (nSPS) is 11.8. The van der Waals surface area contributed by atoms with E-state index >= 15 is 0 Å². The molecule has 0 N–H and O–H groups in total. The van der Waals surface area contributed by atoms with E-state index in [4.69, 9.17) is 0 Å². The van der Waals surface area contributed by atoms with E-state index in [-0.39, 0.29) is 9.79 Å². The molecule has 0 saturated carbocycles. The van der Waals surface area contributed by atoms with E-state index in [9.17, 15) is 26.9 Å². The zero-order valence-corrected chi connectivity index (χ0v) is 27.0. The number of ether oxygens (including phenoxy) is 1. The summed E-state index contributed by atoms with van der Waals surface area (Å²) in [4.78, 5) is 16.2. The molecule has 0 aliphatic carbocycles. The van der Waals surface area contributed by atoms with Gasteiger partial charge < -0.3 is 4.74 Å². The molecule has 0 fully saturated rings. The zero-order chi connectivity index (χ0) is 32.6. The Morgan fingerprint density at radius 1 is 0.891 bits per heavy atom. The van der Waals surface area contributed by atoms with E-state index < -0.39 is 31.6 Å². The van der Waals surface area contributed by atoms with Crippen LogP contribution in [-0.4, -0.2) is 44.6 Å². The topological polar surface area (TPSA) is 136 Å². The number of sulfone groups is 1. The minimum absolute atomic E-state index is 0.0985. The predicted octanol–water partition coefficient (Wildman–Crippen LogP) is 6.46. The van der Waals surface area contributed by atoms with Crippen molar-refractivity contribution in [2.75, 3.05) is 12.9 Å². The summed E-state index contributed by atoms with van der Waals surface area (Å²) in [7, 11) is -7.09. The number of fused-ring (bicyclic) bond motifs is 1. The number of pyridine rings is 1. The summed E-state index contributed by atoms with van der Waals surface area (Å²) in [6, 6.07) is 26.2. The van der Waals surface area contributed by atoms with Crippen molar-refractivity contribution in [3.8, 4) is 39.6 Å². The van der Waals surface area contributed by atoms with E-state index in [0.717, 1.165) is 18.9 Å². The Balaban J connectivity index is 1.63. The molecule has 46 heavy (non-hydrogen) atoms. The minimum Gasteiger partial charge on any atom is -0.468 e. The molecule has 230 valence electrons. The molecule has 0 atom stereocenters. The average molecular weight is 668 g/mol. The van der Waals surface area contributed by atoms with Gasteiger partial charge in [-0.3, -0.25) is 9.78 Å². The van der Waals surface area contributed by atoms with E-state index in [1.54, 1.807) is 72.1 Å². The predicted molar refractivity (Wildman–Crippen MR) is 176 cm³/mol. The summed E-state index contributed by atoms with van der Waals surface area (Å²) in [5, 5.41) is 12.4. The molecule has 0 bridgehead atoms. The molecule has 3 aromatic heterocycles. The largest absolute Gasteiger partial charge is 0.468 e. The molecule has 6 aromatic rings. The highest BCUT2D eigenvalue weighted by Gasteiger charge is 2.30. The Kier molecular flexibility index (Phi) is 8.08. The maximum atomic E-state index is 14.5. The third kappa shape index (κ3) is 5.49. The van der Waals surface area contributed by atoms with Crippen LogP contribution in [0.3, 0.4) is 0 Å². The zero-order valence-electron chi connectivity index (χ0n) is 24.5. The van der Waals surface area contributed by atoms with Crippen LogP contribution < -0.4 is 0 Å². The lowest BCUT2D eigenvalue weighted by molar-refractivity contribution is -0.137. The van der Waals surface area contributed by atoms with Gasteiger partial charge >= 0.3 is 5.97 Å². The molecular formula is C34H25N3O6S3. The first-order valence-corrected chi connectivity index (χ1v) is 17.8. The number of thiophene rings is 1. The van der Waals surface area contributed by atoms with Crippen molar-refractivity contribution in [3.63, 3.8) is 0 Å². The van der Waals surface area contributed by atoms with Crippen molar-refractivity contribution >= 4 is 48.1 Å². The number of methoxy groups -OCH3 is 1. The van der Waals surface area contributed by atoms with E-state index in [1.165, 1.54) is 27.6 Å². The van der Waals surface area contributed by atoms with Gasteiger partial charge in [-0.25, -0.2) is 20.8 Å². The van der Waals surface area contributed by atoms with Gasteiger partial charge in [0.05, 0.1) is 28.1 Å². The molecule has 0 radical (unpaired) electrons. The van der Waals surface area contributed by atoms with Gasteiger partial charge in [-0.1, -0.05) is 54.1 Å². The molecule has 0 spiro atoms. The van der Waals surface area contributed by atoms with Crippen LogP contribution >= 0.6 is 11.3 Å². The Morgan fingerprint density at radius 2 is 1.63 bits per heavy atom. The smallest absolute Gasteiger partial charge is 0.321 e. The SMILES string of the molecule is COC(=O)CS(=O)(=O)c1cncc(-c2cccc(-c3c(-c4ccsc4C#N)c4ccccc4n3S(=O)(=O)c3ccc(C)cc3)c2)c1. The molecule has 0 saturated heterocycles. The van der Waals surface area contributed by atoms with Crippen molar-refractivity contribution in [1.29, 1.82) is 5.26 Å². The van der Waals surface area contributed by atoms with Crippen LogP contribution in [0, 0.1) is 18.3 Å². The lowest BCUT2D eigenvalue weighted by Gasteiger charge is -2.15. The van der Waals surface area contributed by atoms with Gasteiger partial charge in [0.2, 0.25) is 0 Å². The number of para-hydroxylation sites is 1. The highest BCUT2D eigenvalue weighted by atomic mass is 32.2. The molecule has 6 rings (SSSR count). The first kappa shape index (κ1) is 30.9. The number of aryl methyl sites for hydroxylation is 1. The Bertz CT molecular complexity index is 2400. The molecule has 0 amide bonds. The third-order valence-corrected chi connectivity index (χ3v) is 11.6. The highest BCUT2D eigenvalue weighted by molar-refractivity contribution is 7.92. The summed E-state index contributed by atoms with van der Waals surface area (Å²) < 4.78 is 60.6. The second-order valence-corrected chi connectivity index (χ2v) is 15.1. The first-order valence-electron chi connectivity index (χ1n) is 13.8. The number of benzene rings is 3. The number of carbonyl (C=O) groups excluding carboxylic acids is 1. The quantitative estimate of drug-likeness (QED) is 0.169. The van der Waals surface area contributed by atoms with Crippen LogP contribution in [0.1, 0.15) is 10.4 Å². The van der Waals surface area contributed by atoms with E-state index in [0.29, 0.717) is 49.3 Å². The standard InChI is InChI=1S/C34H25N3O6S3/c1-22-10-12-26(13-11-22)46(41,42)37-30-9-4-3-8-28(30)33(29-14-15-44-31(29)18-35)34(37)24-7-5-6-23(16-24)25-17-27(20-36-19-25)45(39,40)21-32(38)43-2/h3-17,19-20H,21H2,1-2H3. The lowest BCUT2D eigenvalue weighted by Crippen LogP contribution is -2.17. The van der Waals surface area contributed by atoms with Gasteiger partial charge in [0.25, 0.3) is 10.0 Å². The van der Waals surface area contributed by atoms with Crippen molar-refractivity contribution in [3.05, 3.63) is 113 Å². The van der Waals surface area contributed by atoms with Crippen LogP contribution in [0.15, 0.2) is 112 Å². The Labute approximate surface area is 269 Å². The van der Waals surface area contributed by atoms with Gasteiger partial charge in [0.15, 0.2) is 15.6 Å². The Morgan fingerprint density at radius 3 is 2.37 bits per heavy atom. The van der Waals surface area contributed by atoms with Crippen molar-refractivity contribution < 1.29 is 26.4 Å². The van der Waals surface area contributed by atoms with Crippen molar-refractivity contribution in [1.82, 2.24) is 8.96 Å². The van der Waals surface area contributed by atoms with Gasteiger partial charge in [-0.15, -0.1) is 11.3 Å². The molecule has 0 unspecified atom stereocenters. The number of hydrogen-bond donors (Lipinski definition) is 0. The number of rotatable bonds is 8. The van der Waals surface area contributed by atoms with Crippen molar-refractivity contribution in [2.24, 2.45) is 0 Å². The van der Waals surface area contributed by atoms with Gasteiger partial charge in [0, 0.05) is 40.0 Å². The molecule has 12 heteroatoms. The number of carbonyl (C=O) groups is 1. The molecule has 0 aliphatic heterocycles. The van der Waals surface area contributed by atoms with E-state index in [1.807, 2.05) is 19.1 Å². The minimum atomic E-state index is -4.17. The molecule has 9 nitrogen and oxygen atoms in total. The van der Waals surface area contributed by atoms with Gasteiger partial charge in [-0.05, 0) is 54.3 Å². The van der Waals surface area contributed by atoms with Crippen LogP contribution in [0.25, 0.3) is 44.4 Å². The fraction of sp³-hybridized carbons (Fsp3) is 0.0882. The fourth-order valence-corrected chi connectivity index (χ4v) is 8.65.